The largest absolute Gasteiger partial charge is 0.466 e. The van der Waals surface area contributed by atoms with Crippen LogP contribution in [0, 0.1) is 11.6 Å². The number of ether oxygens (including phenoxy) is 1. The third kappa shape index (κ3) is 4.13. The minimum absolute atomic E-state index is 0.125. The number of amides is 1. The van der Waals surface area contributed by atoms with Crippen LogP contribution in [-0.4, -0.2) is 45.8 Å². The zero-order valence-corrected chi connectivity index (χ0v) is 19.7. The lowest BCUT2D eigenvalue weighted by Crippen LogP contribution is -2.55. The fraction of sp³-hybridized carbons (Fsp3) is 0.346. The second-order valence-electron chi connectivity index (χ2n) is 9.67. The summed E-state index contributed by atoms with van der Waals surface area (Å²) in [4.78, 5) is 33.8. The number of rotatable bonds is 5. The summed E-state index contributed by atoms with van der Waals surface area (Å²) in [5.41, 5.74) is 0.675. The number of nitrogens with zero attached hydrogens (tertiary/aromatic N) is 2. The highest BCUT2D eigenvalue weighted by atomic mass is 19.1. The second-order valence-corrected chi connectivity index (χ2v) is 9.67. The van der Waals surface area contributed by atoms with Crippen molar-refractivity contribution in [3.8, 4) is 5.88 Å². The SMILES string of the molecule is O=C1COc2ncc(F)cc2N1[C@H]1CC[C@](CO)(NCc2cc3c(=O)oc4ccc(F)cc4c3[nH]2)CC1. The van der Waals surface area contributed by atoms with E-state index in [1.807, 2.05) is 0 Å². The second kappa shape index (κ2) is 8.93. The number of anilines is 1. The molecule has 1 amide bonds. The standard InChI is InChI=1S/C26H24F2N4O5/c27-14-1-2-21-18(7-14)23-19(25(35)37-21)9-16(31-23)11-30-26(13-33)5-3-17(4-6-26)32-20-8-15(28)10-29-24(20)36-12-22(32)34/h1-2,7-10,17,30-31,33H,3-6,11-13H2/t17-,26-. The molecule has 0 saturated heterocycles. The molecule has 4 heterocycles. The van der Waals surface area contributed by atoms with Gasteiger partial charge < -0.3 is 29.5 Å². The van der Waals surface area contributed by atoms with Gasteiger partial charge in [0.2, 0.25) is 5.88 Å². The van der Waals surface area contributed by atoms with Crippen molar-refractivity contribution in [1.82, 2.24) is 15.3 Å². The molecule has 0 atom stereocenters. The summed E-state index contributed by atoms with van der Waals surface area (Å²) < 4.78 is 38.4. The van der Waals surface area contributed by atoms with Gasteiger partial charge in [-0.1, -0.05) is 0 Å². The van der Waals surface area contributed by atoms with Gasteiger partial charge in [-0.2, -0.15) is 0 Å². The van der Waals surface area contributed by atoms with E-state index >= 15 is 0 Å². The number of fused-ring (bicyclic) bond motifs is 4. The molecule has 37 heavy (non-hydrogen) atoms. The Balaban J connectivity index is 1.20. The van der Waals surface area contributed by atoms with Gasteiger partial charge in [-0.05, 0) is 49.9 Å². The van der Waals surface area contributed by atoms with Gasteiger partial charge in [-0.15, -0.1) is 0 Å². The number of hydrogen-bond acceptors (Lipinski definition) is 7. The first-order valence-corrected chi connectivity index (χ1v) is 12.1. The summed E-state index contributed by atoms with van der Waals surface area (Å²) in [5, 5.41) is 14.5. The van der Waals surface area contributed by atoms with Crippen LogP contribution in [-0.2, 0) is 11.3 Å². The Bertz CT molecular complexity index is 1570. The van der Waals surface area contributed by atoms with Crippen molar-refractivity contribution in [1.29, 1.82) is 0 Å². The molecule has 0 spiro atoms. The fourth-order valence-electron chi connectivity index (χ4n) is 5.44. The van der Waals surface area contributed by atoms with Crippen LogP contribution in [0.1, 0.15) is 31.4 Å². The van der Waals surface area contributed by atoms with Crippen molar-refractivity contribution in [2.75, 3.05) is 18.1 Å². The van der Waals surface area contributed by atoms with Gasteiger partial charge >= 0.3 is 5.63 Å². The van der Waals surface area contributed by atoms with Gasteiger partial charge in [0.1, 0.15) is 22.9 Å². The first-order valence-electron chi connectivity index (χ1n) is 12.1. The maximum Gasteiger partial charge on any atom is 0.345 e. The Kier molecular flexibility index (Phi) is 5.68. The molecule has 3 aromatic heterocycles. The number of aromatic nitrogens is 2. The van der Waals surface area contributed by atoms with Crippen molar-refractivity contribution in [3.05, 3.63) is 64.3 Å². The number of aliphatic hydroxyl groups is 1. The van der Waals surface area contributed by atoms with Crippen LogP contribution >= 0.6 is 0 Å². The van der Waals surface area contributed by atoms with Gasteiger partial charge in [0.25, 0.3) is 5.91 Å². The first kappa shape index (κ1) is 23.6. The number of carbonyl (C=O) groups is 1. The van der Waals surface area contributed by atoms with Crippen molar-refractivity contribution >= 4 is 33.5 Å². The van der Waals surface area contributed by atoms with Gasteiger partial charge in [-0.3, -0.25) is 4.79 Å². The van der Waals surface area contributed by atoms with Crippen molar-refractivity contribution < 1.29 is 27.8 Å². The smallest absolute Gasteiger partial charge is 0.345 e. The summed E-state index contributed by atoms with van der Waals surface area (Å²) in [6, 6.07) is 6.72. The molecule has 192 valence electrons. The van der Waals surface area contributed by atoms with Gasteiger partial charge in [0.05, 0.1) is 23.7 Å². The highest BCUT2D eigenvalue weighted by molar-refractivity contribution is 6.02. The predicted molar refractivity (Wildman–Crippen MR) is 130 cm³/mol. The van der Waals surface area contributed by atoms with E-state index in [0.29, 0.717) is 65.5 Å². The molecule has 3 N–H and O–H groups in total. The summed E-state index contributed by atoms with van der Waals surface area (Å²) >= 11 is 0. The fourth-order valence-corrected chi connectivity index (χ4v) is 5.44. The third-order valence-corrected chi connectivity index (χ3v) is 7.40. The number of nitrogens with one attached hydrogen (secondary N) is 2. The number of hydrogen-bond donors (Lipinski definition) is 3. The van der Waals surface area contributed by atoms with Crippen LogP contribution in [0.4, 0.5) is 14.5 Å². The average molecular weight is 510 g/mol. The average Bonchev–Trinajstić information content (AvgIpc) is 3.34. The van der Waals surface area contributed by atoms with Gasteiger partial charge in [0, 0.05) is 35.3 Å². The quantitative estimate of drug-likeness (QED) is 0.353. The van der Waals surface area contributed by atoms with E-state index in [1.54, 1.807) is 11.0 Å². The number of aromatic amines is 1. The number of benzene rings is 1. The lowest BCUT2D eigenvalue weighted by atomic mass is 9.79. The van der Waals surface area contributed by atoms with Crippen LogP contribution in [0.3, 0.4) is 0 Å². The number of H-pyrrole nitrogens is 1. The maximum absolute atomic E-state index is 13.9. The van der Waals surface area contributed by atoms with Crippen LogP contribution in [0.2, 0.25) is 0 Å². The van der Waals surface area contributed by atoms with E-state index < -0.39 is 22.8 Å². The Morgan fingerprint density at radius 3 is 2.73 bits per heavy atom. The molecule has 4 aromatic rings. The molecule has 6 rings (SSSR count). The van der Waals surface area contributed by atoms with Crippen LogP contribution < -0.4 is 20.6 Å². The zero-order chi connectivity index (χ0) is 25.7. The van der Waals surface area contributed by atoms with Gasteiger partial charge in [-0.25, -0.2) is 18.6 Å². The summed E-state index contributed by atoms with van der Waals surface area (Å²) in [6.45, 7) is 0.0448. The molecule has 0 unspecified atom stereocenters. The number of aliphatic hydroxyl groups excluding tert-OH is 1. The molecule has 0 bridgehead atoms. The Hall–Kier alpha value is -3.83. The van der Waals surface area contributed by atoms with Crippen LogP contribution in [0.15, 0.2) is 45.7 Å². The highest BCUT2D eigenvalue weighted by Crippen LogP contribution is 2.38. The molecule has 11 heteroatoms. The summed E-state index contributed by atoms with van der Waals surface area (Å²) in [7, 11) is 0. The predicted octanol–water partition coefficient (Wildman–Crippen LogP) is 3.14. The topological polar surface area (TPSA) is 121 Å². The third-order valence-electron chi connectivity index (χ3n) is 7.40. The highest BCUT2D eigenvalue weighted by Gasteiger charge is 2.40. The molecular formula is C26H24F2N4O5. The van der Waals surface area contributed by atoms with Crippen molar-refractivity contribution in [2.45, 2.75) is 43.8 Å². The van der Waals surface area contributed by atoms with E-state index in [2.05, 4.69) is 15.3 Å². The summed E-state index contributed by atoms with van der Waals surface area (Å²) in [5.74, 6) is -1.01. The van der Waals surface area contributed by atoms with Crippen LogP contribution in [0.25, 0.3) is 21.9 Å². The molecule has 0 radical (unpaired) electrons. The van der Waals surface area contributed by atoms with Gasteiger partial charge in [0.15, 0.2) is 6.61 Å². The maximum atomic E-state index is 13.9. The van der Waals surface area contributed by atoms with E-state index in [-0.39, 0.29) is 31.0 Å². The minimum atomic E-state index is -0.606. The zero-order valence-electron chi connectivity index (χ0n) is 19.7. The molecule has 1 aliphatic heterocycles. The van der Waals surface area contributed by atoms with E-state index in [1.165, 1.54) is 24.3 Å². The molecule has 9 nitrogen and oxygen atoms in total. The normalized spacial score (nSPS) is 21.9. The lowest BCUT2D eigenvalue weighted by molar-refractivity contribution is -0.122. The monoisotopic (exact) mass is 510 g/mol. The van der Waals surface area contributed by atoms with E-state index in [4.69, 9.17) is 9.15 Å². The molecular weight excluding hydrogens is 486 g/mol. The van der Waals surface area contributed by atoms with E-state index in [0.717, 1.165) is 6.20 Å². The minimum Gasteiger partial charge on any atom is -0.466 e. The Morgan fingerprint density at radius 2 is 1.95 bits per heavy atom. The summed E-state index contributed by atoms with van der Waals surface area (Å²) in [6.07, 6.45) is 3.34. The lowest BCUT2D eigenvalue weighted by Gasteiger charge is -2.44. The van der Waals surface area contributed by atoms with Crippen molar-refractivity contribution in [2.24, 2.45) is 0 Å². The van der Waals surface area contributed by atoms with Crippen LogP contribution in [0.5, 0.6) is 5.88 Å². The van der Waals surface area contributed by atoms with Crippen molar-refractivity contribution in [3.63, 3.8) is 0 Å². The molecule has 1 saturated carbocycles. The molecule has 1 fully saturated rings. The van der Waals surface area contributed by atoms with E-state index in [9.17, 15) is 23.5 Å². The molecule has 2 aliphatic rings. The number of pyridine rings is 1. The molecule has 1 aliphatic carbocycles. The number of halogens is 2. The Labute approximate surface area is 209 Å². The first-order chi connectivity index (χ1) is 17.9. The molecule has 1 aromatic carbocycles. The Morgan fingerprint density at radius 1 is 1.14 bits per heavy atom. The number of carbonyl (C=O) groups excluding carboxylic acids is 1.